The second-order valence-corrected chi connectivity index (χ2v) is 5.86. The Morgan fingerprint density at radius 3 is 2.33 bits per heavy atom. The van der Waals surface area contributed by atoms with Crippen molar-refractivity contribution in [1.82, 2.24) is 5.32 Å². The van der Waals surface area contributed by atoms with Crippen LogP contribution in [0.4, 0.5) is 5.69 Å². The van der Waals surface area contributed by atoms with Gasteiger partial charge >= 0.3 is 0 Å². The van der Waals surface area contributed by atoms with Crippen molar-refractivity contribution in [2.24, 2.45) is 5.92 Å². The van der Waals surface area contributed by atoms with E-state index < -0.39 is 0 Å². The van der Waals surface area contributed by atoms with E-state index >= 15 is 0 Å². The van der Waals surface area contributed by atoms with Gasteiger partial charge < -0.3 is 10.2 Å². The summed E-state index contributed by atoms with van der Waals surface area (Å²) in [6, 6.07) is 11.5. The van der Waals surface area contributed by atoms with Crippen molar-refractivity contribution in [1.29, 1.82) is 5.26 Å². The smallest absolute Gasteiger partial charge is 0.0640 e. The Balaban J connectivity index is 2.83. The van der Waals surface area contributed by atoms with Gasteiger partial charge in [0.25, 0.3) is 0 Å². The zero-order valence-corrected chi connectivity index (χ0v) is 13.9. The van der Waals surface area contributed by atoms with Crippen molar-refractivity contribution in [3.8, 4) is 6.07 Å². The van der Waals surface area contributed by atoms with E-state index in [0.29, 0.717) is 18.4 Å². The lowest BCUT2D eigenvalue weighted by atomic mass is 10.0. The summed E-state index contributed by atoms with van der Waals surface area (Å²) in [5.41, 5.74) is 2.56. The second kappa shape index (κ2) is 9.41. The molecule has 0 aliphatic heterocycles. The molecule has 1 unspecified atom stereocenters. The summed E-state index contributed by atoms with van der Waals surface area (Å²) in [5.74, 6) is 0.591. The van der Waals surface area contributed by atoms with Crippen molar-refractivity contribution >= 4 is 5.69 Å². The van der Waals surface area contributed by atoms with Crippen LogP contribution in [0, 0.1) is 17.2 Å². The fourth-order valence-corrected chi connectivity index (χ4v) is 2.61. The Bertz CT molecular complexity index is 431. The number of nitrogens with zero attached hydrogens (tertiary/aromatic N) is 2. The van der Waals surface area contributed by atoms with Gasteiger partial charge in [0.05, 0.1) is 12.5 Å². The van der Waals surface area contributed by atoms with Crippen LogP contribution in [0.15, 0.2) is 24.3 Å². The predicted molar refractivity (Wildman–Crippen MR) is 90.4 cm³/mol. The first kappa shape index (κ1) is 17.5. The number of benzene rings is 1. The van der Waals surface area contributed by atoms with Gasteiger partial charge in [-0.3, -0.25) is 0 Å². The van der Waals surface area contributed by atoms with Gasteiger partial charge in [0.2, 0.25) is 0 Å². The molecular weight excluding hydrogens is 258 g/mol. The maximum atomic E-state index is 8.82. The van der Waals surface area contributed by atoms with E-state index in [9.17, 15) is 0 Å². The minimum atomic E-state index is 0.432. The summed E-state index contributed by atoms with van der Waals surface area (Å²) in [4.78, 5) is 2.31. The summed E-state index contributed by atoms with van der Waals surface area (Å²) < 4.78 is 0. The van der Waals surface area contributed by atoms with Crippen molar-refractivity contribution in [3.63, 3.8) is 0 Å². The molecule has 1 atom stereocenters. The minimum Gasteiger partial charge on any atom is -0.370 e. The van der Waals surface area contributed by atoms with Gasteiger partial charge in [0.15, 0.2) is 0 Å². The molecule has 116 valence electrons. The Morgan fingerprint density at radius 1 is 1.19 bits per heavy atom. The summed E-state index contributed by atoms with van der Waals surface area (Å²) in [5, 5.41) is 12.3. The van der Waals surface area contributed by atoms with E-state index in [-0.39, 0.29) is 0 Å². The minimum absolute atomic E-state index is 0.432. The highest BCUT2D eigenvalue weighted by Crippen LogP contribution is 2.22. The molecule has 0 saturated heterocycles. The number of nitriles is 1. The Morgan fingerprint density at radius 2 is 1.86 bits per heavy atom. The fraction of sp³-hybridized carbons (Fsp3) is 0.611. The van der Waals surface area contributed by atoms with E-state index in [2.05, 4.69) is 68.2 Å². The third-order valence-corrected chi connectivity index (χ3v) is 3.60. The molecule has 3 nitrogen and oxygen atoms in total. The first-order chi connectivity index (χ1) is 10.1. The molecule has 3 heteroatoms. The van der Waals surface area contributed by atoms with Gasteiger partial charge in [-0.2, -0.15) is 5.26 Å². The van der Waals surface area contributed by atoms with E-state index in [1.165, 1.54) is 11.3 Å². The first-order valence-corrected chi connectivity index (χ1v) is 8.07. The molecular formula is C18H29N3. The zero-order valence-electron chi connectivity index (χ0n) is 13.9. The monoisotopic (exact) mass is 287 g/mol. The first-order valence-electron chi connectivity index (χ1n) is 8.07. The van der Waals surface area contributed by atoms with Crippen LogP contribution in [0.25, 0.3) is 0 Å². The molecule has 0 bridgehead atoms. The summed E-state index contributed by atoms with van der Waals surface area (Å²) in [6.45, 7) is 11.6. The number of nitrogens with one attached hydrogen (secondary N) is 1. The van der Waals surface area contributed by atoms with Crippen LogP contribution in [0.3, 0.4) is 0 Å². The molecule has 1 aromatic carbocycles. The number of rotatable bonds is 9. The molecule has 0 spiro atoms. The van der Waals surface area contributed by atoms with Crippen LogP contribution in [0.1, 0.15) is 52.1 Å². The summed E-state index contributed by atoms with van der Waals surface area (Å²) in [6.07, 6.45) is 1.67. The van der Waals surface area contributed by atoms with Gasteiger partial charge in [-0.05, 0) is 36.6 Å². The van der Waals surface area contributed by atoms with Gasteiger partial charge in [0.1, 0.15) is 0 Å². The third-order valence-electron chi connectivity index (χ3n) is 3.60. The SMILES string of the molecule is CCNC(CC)c1ccc(N(CCC#N)CC(C)C)cc1. The lowest BCUT2D eigenvalue weighted by molar-refractivity contribution is 0.537. The highest BCUT2D eigenvalue weighted by atomic mass is 15.1. The van der Waals surface area contributed by atoms with Gasteiger partial charge in [0, 0.05) is 24.8 Å². The molecule has 1 rings (SSSR count). The van der Waals surface area contributed by atoms with Gasteiger partial charge in [-0.15, -0.1) is 0 Å². The van der Waals surface area contributed by atoms with Crippen molar-refractivity contribution in [2.45, 2.75) is 46.6 Å². The van der Waals surface area contributed by atoms with E-state index in [1.807, 2.05) is 0 Å². The van der Waals surface area contributed by atoms with Gasteiger partial charge in [-0.1, -0.05) is 39.8 Å². The maximum Gasteiger partial charge on any atom is 0.0640 e. The molecule has 0 aliphatic rings. The summed E-state index contributed by atoms with van der Waals surface area (Å²) >= 11 is 0. The van der Waals surface area contributed by atoms with Crippen LogP contribution in [0.5, 0.6) is 0 Å². The second-order valence-electron chi connectivity index (χ2n) is 5.86. The summed E-state index contributed by atoms with van der Waals surface area (Å²) in [7, 11) is 0. The van der Waals surface area contributed by atoms with E-state index in [1.54, 1.807) is 0 Å². The predicted octanol–water partition coefficient (Wildman–Crippen LogP) is 4.12. The average molecular weight is 287 g/mol. The van der Waals surface area contributed by atoms with Crippen LogP contribution >= 0.6 is 0 Å². The lowest BCUT2D eigenvalue weighted by Gasteiger charge is -2.26. The molecule has 0 fully saturated rings. The van der Waals surface area contributed by atoms with E-state index in [0.717, 1.165) is 26.1 Å². The molecule has 0 aliphatic carbocycles. The third kappa shape index (κ3) is 5.77. The van der Waals surface area contributed by atoms with Crippen LogP contribution in [-0.2, 0) is 0 Å². The number of hydrogen-bond donors (Lipinski definition) is 1. The van der Waals surface area contributed by atoms with Crippen molar-refractivity contribution in [3.05, 3.63) is 29.8 Å². The highest BCUT2D eigenvalue weighted by Gasteiger charge is 2.11. The average Bonchev–Trinajstić information content (AvgIpc) is 2.49. The van der Waals surface area contributed by atoms with Crippen LogP contribution < -0.4 is 10.2 Å². The Kier molecular flexibility index (Phi) is 7.85. The highest BCUT2D eigenvalue weighted by molar-refractivity contribution is 5.48. The Labute approximate surface area is 130 Å². The fourth-order valence-electron chi connectivity index (χ4n) is 2.61. The molecule has 0 heterocycles. The number of anilines is 1. The van der Waals surface area contributed by atoms with Crippen molar-refractivity contribution < 1.29 is 0 Å². The molecule has 0 radical (unpaired) electrons. The topological polar surface area (TPSA) is 39.1 Å². The Hall–Kier alpha value is -1.53. The molecule has 1 N–H and O–H groups in total. The molecule has 1 aromatic rings. The van der Waals surface area contributed by atoms with Crippen molar-refractivity contribution in [2.75, 3.05) is 24.5 Å². The lowest BCUT2D eigenvalue weighted by Crippen LogP contribution is -2.28. The standard InChI is InChI=1S/C18H29N3/c1-5-18(20-6-2)16-8-10-17(11-9-16)21(13-7-12-19)14-15(3)4/h8-11,15,18,20H,5-7,13-14H2,1-4H3. The maximum absolute atomic E-state index is 8.82. The normalized spacial score (nSPS) is 12.2. The zero-order chi connectivity index (χ0) is 15.7. The molecule has 0 aromatic heterocycles. The number of hydrogen-bond acceptors (Lipinski definition) is 3. The van der Waals surface area contributed by atoms with Crippen LogP contribution in [0.2, 0.25) is 0 Å². The van der Waals surface area contributed by atoms with E-state index in [4.69, 9.17) is 5.26 Å². The molecule has 21 heavy (non-hydrogen) atoms. The quantitative estimate of drug-likeness (QED) is 0.742. The van der Waals surface area contributed by atoms with Gasteiger partial charge in [-0.25, -0.2) is 0 Å². The van der Waals surface area contributed by atoms with Crippen LogP contribution in [-0.4, -0.2) is 19.6 Å². The largest absolute Gasteiger partial charge is 0.370 e. The molecule has 0 amide bonds. The molecule has 0 saturated carbocycles.